The van der Waals surface area contributed by atoms with Crippen LogP contribution >= 0.6 is 0 Å². The van der Waals surface area contributed by atoms with E-state index in [4.69, 9.17) is 9.90 Å². The predicted molar refractivity (Wildman–Crippen MR) is 152 cm³/mol. The zero-order chi connectivity index (χ0) is 27.2. The molecule has 0 saturated heterocycles. The van der Waals surface area contributed by atoms with Crippen LogP contribution in [0.15, 0.2) is 60.9 Å². The molecule has 6 heteroatoms. The van der Waals surface area contributed by atoms with E-state index >= 15 is 0 Å². The fourth-order valence-electron chi connectivity index (χ4n) is 5.40. The summed E-state index contributed by atoms with van der Waals surface area (Å²) in [5.74, 6) is -0.269. The van der Waals surface area contributed by atoms with Gasteiger partial charge in [-0.05, 0) is 85.0 Å². The number of carbonyl (C=O) groups excluding carboxylic acids is 1. The van der Waals surface area contributed by atoms with Gasteiger partial charge in [-0.1, -0.05) is 61.2 Å². The maximum absolute atomic E-state index is 12.8. The van der Waals surface area contributed by atoms with E-state index in [2.05, 4.69) is 79.7 Å². The molecule has 1 amide bonds. The van der Waals surface area contributed by atoms with Crippen LogP contribution in [0.3, 0.4) is 0 Å². The number of nitrogens with one attached hydrogen (secondary N) is 1. The van der Waals surface area contributed by atoms with Crippen molar-refractivity contribution in [1.82, 2.24) is 14.7 Å². The lowest BCUT2D eigenvalue weighted by atomic mass is 9.84. The number of carbonyl (C=O) groups is 2. The van der Waals surface area contributed by atoms with Gasteiger partial charge in [0.05, 0.1) is 0 Å². The Bertz CT molecular complexity index is 1400. The standard InChI is InChI=1S/C30H33N3O.C2H4O2/c1-20-15-21(2)27(22(3)16-20)17-31-30(34)28-19-33-18-26(13-14-29(33)32-28)25-11-9-24(10-12-25)23-7-5-4-6-8-23;1-2(3)4/h9-16,18-19,23H,4-8,17H2,1-3H3,(H,31,34);1H3,(H,3,4). The number of aromatic nitrogens is 2. The summed E-state index contributed by atoms with van der Waals surface area (Å²) in [5, 5.41) is 10.5. The van der Waals surface area contributed by atoms with Crippen LogP contribution in [0.5, 0.6) is 0 Å². The smallest absolute Gasteiger partial charge is 0.300 e. The lowest BCUT2D eigenvalue weighted by Gasteiger charge is -2.22. The van der Waals surface area contributed by atoms with Crippen LogP contribution in [-0.2, 0) is 11.3 Å². The number of imidazole rings is 1. The second-order valence-electron chi connectivity index (χ2n) is 10.3. The Morgan fingerprint density at radius 2 is 1.53 bits per heavy atom. The molecular formula is C32H37N3O3. The molecule has 0 bridgehead atoms. The molecule has 0 atom stereocenters. The first-order valence-electron chi connectivity index (χ1n) is 13.3. The van der Waals surface area contributed by atoms with E-state index in [0.29, 0.717) is 18.2 Å². The molecule has 38 heavy (non-hydrogen) atoms. The van der Waals surface area contributed by atoms with Crippen molar-refractivity contribution >= 4 is 17.5 Å². The number of aliphatic carboxylic acids is 1. The Kier molecular flexibility index (Phi) is 8.62. The number of aryl methyl sites for hydroxylation is 3. The number of carboxylic acids is 1. The number of nitrogens with zero attached hydrogens (tertiary/aromatic N) is 2. The van der Waals surface area contributed by atoms with E-state index in [1.807, 2.05) is 16.7 Å². The summed E-state index contributed by atoms with van der Waals surface area (Å²) in [4.78, 5) is 26.4. The van der Waals surface area contributed by atoms with Crippen molar-refractivity contribution in [1.29, 1.82) is 0 Å². The maximum atomic E-state index is 12.8. The summed E-state index contributed by atoms with van der Waals surface area (Å²) in [7, 11) is 0. The highest BCUT2D eigenvalue weighted by Gasteiger charge is 2.16. The van der Waals surface area contributed by atoms with E-state index in [0.717, 1.165) is 18.1 Å². The number of hydrogen-bond acceptors (Lipinski definition) is 3. The fraction of sp³-hybridized carbons (Fsp3) is 0.344. The van der Waals surface area contributed by atoms with Crippen LogP contribution in [-0.4, -0.2) is 26.4 Å². The number of hydrogen-bond donors (Lipinski definition) is 2. The second-order valence-corrected chi connectivity index (χ2v) is 10.3. The molecule has 1 saturated carbocycles. The normalized spacial score (nSPS) is 13.6. The van der Waals surface area contributed by atoms with Crippen LogP contribution in [0, 0.1) is 20.8 Å². The van der Waals surface area contributed by atoms with Gasteiger partial charge in [0.25, 0.3) is 11.9 Å². The van der Waals surface area contributed by atoms with E-state index in [-0.39, 0.29) is 5.91 Å². The van der Waals surface area contributed by atoms with Gasteiger partial charge in [0, 0.05) is 25.9 Å². The Morgan fingerprint density at radius 3 is 2.16 bits per heavy atom. The minimum absolute atomic E-state index is 0.151. The van der Waals surface area contributed by atoms with Gasteiger partial charge >= 0.3 is 0 Å². The number of amides is 1. The van der Waals surface area contributed by atoms with E-state index < -0.39 is 5.97 Å². The van der Waals surface area contributed by atoms with Crippen molar-refractivity contribution in [3.8, 4) is 11.1 Å². The highest BCUT2D eigenvalue weighted by atomic mass is 16.4. The number of pyridine rings is 1. The second kappa shape index (κ2) is 12.1. The first kappa shape index (κ1) is 27.1. The average molecular weight is 512 g/mol. The van der Waals surface area contributed by atoms with Gasteiger partial charge in [0.1, 0.15) is 11.3 Å². The average Bonchev–Trinajstić information content (AvgIpc) is 3.32. The molecule has 5 rings (SSSR count). The predicted octanol–water partition coefficient (Wildman–Crippen LogP) is 7.00. The fourth-order valence-corrected chi connectivity index (χ4v) is 5.40. The largest absolute Gasteiger partial charge is 0.481 e. The van der Waals surface area contributed by atoms with Crippen LogP contribution in [0.4, 0.5) is 0 Å². The summed E-state index contributed by atoms with van der Waals surface area (Å²) in [6, 6.07) is 17.4. The van der Waals surface area contributed by atoms with Crippen LogP contribution in [0.25, 0.3) is 16.8 Å². The summed E-state index contributed by atoms with van der Waals surface area (Å²) in [6.07, 6.45) is 10.6. The van der Waals surface area contributed by atoms with E-state index in [1.54, 1.807) is 0 Å². The van der Waals surface area contributed by atoms with Gasteiger partial charge in [0.2, 0.25) is 0 Å². The number of rotatable bonds is 5. The summed E-state index contributed by atoms with van der Waals surface area (Å²) < 4.78 is 1.95. The Labute approximate surface area is 224 Å². The number of benzene rings is 2. The Morgan fingerprint density at radius 1 is 0.921 bits per heavy atom. The van der Waals surface area contributed by atoms with Crippen LogP contribution in [0.2, 0.25) is 0 Å². The minimum atomic E-state index is -0.833. The first-order chi connectivity index (χ1) is 18.2. The van der Waals surface area contributed by atoms with Gasteiger partial charge in [0.15, 0.2) is 0 Å². The molecule has 1 aliphatic carbocycles. The Hall–Kier alpha value is -3.93. The highest BCUT2D eigenvalue weighted by molar-refractivity contribution is 5.93. The lowest BCUT2D eigenvalue weighted by Crippen LogP contribution is -2.24. The maximum Gasteiger partial charge on any atom is 0.300 e. The zero-order valence-corrected chi connectivity index (χ0v) is 22.8. The summed E-state index contributed by atoms with van der Waals surface area (Å²) >= 11 is 0. The number of carboxylic acid groups (broad SMARTS) is 1. The monoisotopic (exact) mass is 511 g/mol. The molecule has 198 valence electrons. The molecule has 1 fully saturated rings. The van der Waals surface area contributed by atoms with Gasteiger partial charge in [-0.25, -0.2) is 4.98 Å². The molecule has 2 heterocycles. The zero-order valence-electron chi connectivity index (χ0n) is 22.8. The molecule has 1 aliphatic rings. The van der Waals surface area contributed by atoms with Crippen molar-refractivity contribution in [2.75, 3.05) is 0 Å². The molecule has 2 N–H and O–H groups in total. The third kappa shape index (κ3) is 6.68. The summed E-state index contributed by atoms with van der Waals surface area (Å²) in [5.41, 5.74) is 9.79. The van der Waals surface area contributed by atoms with Crippen molar-refractivity contribution < 1.29 is 14.7 Å². The van der Waals surface area contributed by atoms with E-state index in [9.17, 15) is 4.79 Å². The van der Waals surface area contributed by atoms with Gasteiger partial charge in [-0.2, -0.15) is 0 Å². The highest BCUT2D eigenvalue weighted by Crippen LogP contribution is 2.33. The molecular weight excluding hydrogens is 474 g/mol. The SMILES string of the molecule is CC(=O)O.Cc1cc(C)c(CNC(=O)c2cn3cc(-c4ccc(C5CCCCC5)cc4)ccc3n2)c(C)c1. The van der Waals surface area contributed by atoms with Crippen molar-refractivity contribution in [2.24, 2.45) is 0 Å². The van der Waals surface area contributed by atoms with Crippen molar-refractivity contribution in [3.63, 3.8) is 0 Å². The molecule has 2 aromatic carbocycles. The third-order valence-corrected chi connectivity index (χ3v) is 7.27. The molecule has 4 aromatic rings. The Balaban J connectivity index is 0.000000786. The van der Waals surface area contributed by atoms with Crippen molar-refractivity contribution in [3.05, 3.63) is 94.4 Å². The van der Waals surface area contributed by atoms with Gasteiger partial charge in [-0.3, -0.25) is 9.59 Å². The van der Waals surface area contributed by atoms with E-state index in [1.165, 1.54) is 65.5 Å². The minimum Gasteiger partial charge on any atom is -0.481 e. The molecule has 0 unspecified atom stereocenters. The van der Waals surface area contributed by atoms with Gasteiger partial charge < -0.3 is 14.8 Å². The summed E-state index contributed by atoms with van der Waals surface area (Å²) in [6.45, 7) is 7.87. The van der Waals surface area contributed by atoms with Crippen LogP contribution < -0.4 is 5.32 Å². The quantitative estimate of drug-likeness (QED) is 0.302. The topological polar surface area (TPSA) is 83.7 Å². The number of fused-ring (bicyclic) bond motifs is 1. The molecule has 2 aromatic heterocycles. The molecule has 6 nitrogen and oxygen atoms in total. The first-order valence-corrected chi connectivity index (χ1v) is 13.3. The third-order valence-electron chi connectivity index (χ3n) is 7.27. The lowest BCUT2D eigenvalue weighted by molar-refractivity contribution is -0.134. The molecule has 0 radical (unpaired) electrons. The molecule has 0 spiro atoms. The molecule has 0 aliphatic heterocycles. The van der Waals surface area contributed by atoms with Gasteiger partial charge in [-0.15, -0.1) is 0 Å². The van der Waals surface area contributed by atoms with Crippen molar-refractivity contribution in [2.45, 2.75) is 72.3 Å². The van der Waals surface area contributed by atoms with Crippen LogP contribution in [0.1, 0.15) is 83.3 Å².